The first kappa shape index (κ1) is 23.6. The molecule has 0 spiro atoms. The van der Waals surface area contributed by atoms with Gasteiger partial charge >= 0.3 is 0 Å². The van der Waals surface area contributed by atoms with Gasteiger partial charge in [0.25, 0.3) is 5.56 Å². The molecule has 3 heterocycles. The molecule has 6 nitrogen and oxygen atoms in total. The number of piperidine rings is 1. The van der Waals surface area contributed by atoms with Crippen LogP contribution in [0.5, 0.6) is 5.75 Å². The number of aliphatic hydroxyl groups excluding tert-OH is 1. The number of fused-ring (bicyclic) bond motifs is 1. The lowest BCUT2D eigenvalue weighted by molar-refractivity contribution is 0.0715. The largest absolute Gasteiger partial charge is 0.496 e. The molecule has 1 saturated heterocycles. The second-order valence-corrected chi connectivity index (χ2v) is 9.62. The summed E-state index contributed by atoms with van der Waals surface area (Å²) in [6.45, 7) is 7.63. The van der Waals surface area contributed by atoms with Gasteiger partial charge in [-0.3, -0.25) is 4.79 Å². The molecule has 1 aromatic carbocycles. The Morgan fingerprint density at radius 2 is 1.94 bits per heavy atom. The van der Waals surface area contributed by atoms with Crippen molar-refractivity contribution >= 4 is 10.9 Å². The smallest absolute Gasteiger partial charge is 0.255 e. The normalized spacial score (nSPS) is 20.3. The van der Waals surface area contributed by atoms with E-state index in [1.807, 2.05) is 13.0 Å². The van der Waals surface area contributed by atoms with E-state index in [2.05, 4.69) is 59.6 Å². The van der Waals surface area contributed by atoms with Gasteiger partial charge in [0.15, 0.2) is 0 Å². The number of aliphatic hydroxyl groups is 1. The Kier molecular flexibility index (Phi) is 6.96. The number of aromatic nitrogens is 2. The van der Waals surface area contributed by atoms with E-state index >= 15 is 0 Å². The highest BCUT2D eigenvalue weighted by Gasteiger charge is 2.31. The first-order valence-corrected chi connectivity index (χ1v) is 12.0. The number of likely N-dealkylation sites (N-methyl/N-ethyl adjacent to an activating group) is 1. The number of H-pyrrole nitrogens is 1. The fourth-order valence-corrected chi connectivity index (χ4v) is 5.72. The number of nitrogens with zero attached hydrogens (tertiary/aromatic N) is 2. The standard InChI is InChI=1S/C27H37N3O3/c1-17-14-26(33-5)24(27(32)28-17)11-10-22-19(3)30(25-9-7-6-8-23(22)25)18(2)20-12-13-29(4)21(15-20)16-31/h6-9,14,18,20-21,31H,10-13,15-16H2,1-5H3,(H,28,32). The molecule has 3 atom stereocenters. The average Bonchev–Trinajstić information content (AvgIpc) is 3.09. The number of pyridine rings is 1. The van der Waals surface area contributed by atoms with E-state index in [4.69, 9.17) is 4.74 Å². The number of para-hydroxylation sites is 1. The van der Waals surface area contributed by atoms with Gasteiger partial charge in [0.05, 0.1) is 19.3 Å². The van der Waals surface area contributed by atoms with Crippen LogP contribution < -0.4 is 10.3 Å². The van der Waals surface area contributed by atoms with E-state index < -0.39 is 0 Å². The highest BCUT2D eigenvalue weighted by molar-refractivity contribution is 5.85. The minimum absolute atomic E-state index is 0.0667. The Morgan fingerprint density at radius 3 is 2.67 bits per heavy atom. The number of nitrogens with one attached hydrogen (secondary N) is 1. The Morgan fingerprint density at radius 1 is 1.21 bits per heavy atom. The van der Waals surface area contributed by atoms with Crippen LogP contribution in [0.1, 0.15) is 48.3 Å². The summed E-state index contributed by atoms with van der Waals surface area (Å²) in [7, 11) is 3.73. The van der Waals surface area contributed by atoms with Crippen LogP contribution in [0.2, 0.25) is 0 Å². The quantitative estimate of drug-likeness (QED) is 0.570. The van der Waals surface area contributed by atoms with E-state index in [0.29, 0.717) is 29.7 Å². The molecule has 0 bridgehead atoms. The number of hydrogen-bond donors (Lipinski definition) is 2. The SMILES string of the molecule is COc1cc(C)[nH]c(=O)c1CCc1c(C)n(C(C)C2CCN(C)C(CO)C2)c2ccccc12. The molecule has 4 rings (SSSR count). The predicted octanol–water partition coefficient (Wildman–Crippen LogP) is 4.00. The second-order valence-electron chi connectivity index (χ2n) is 9.62. The number of benzene rings is 1. The molecule has 3 unspecified atom stereocenters. The summed E-state index contributed by atoms with van der Waals surface area (Å²) in [6.07, 6.45) is 3.54. The maximum Gasteiger partial charge on any atom is 0.255 e. The van der Waals surface area contributed by atoms with Crippen LogP contribution in [-0.4, -0.2) is 52.9 Å². The van der Waals surface area contributed by atoms with Crippen LogP contribution in [-0.2, 0) is 12.8 Å². The van der Waals surface area contributed by atoms with Crippen molar-refractivity contribution in [1.29, 1.82) is 0 Å². The molecule has 1 aliphatic heterocycles. The van der Waals surface area contributed by atoms with Gasteiger partial charge in [-0.15, -0.1) is 0 Å². The molecule has 0 amide bonds. The van der Waals surface area contributed by atoms with Crippen molar-refractivity contribution < 1.29 is 9.84 Å². The lowest BCUT2D eigenvalue weighted by Gasteiger charge is -2.39. The maximum atomic E-state index is 12.6. The van der Waals surface area contributed by atoms with Crippen LogP contribution in [0.15, 0.2) is 35.1 Å². The van der Waals surface area contributed by atoms with Gasteiger partial charge in [0.2, 0.25) is 0 Å². The van der Waals surface area contributed by atoms with E-state index in [-0.39, 0.29) is 18.2 Å². The fourth-order valence-electron chi connectivity index (χ4n) is 5.72. The lowest BCUT2D eigenvalue weighted by atomic mass is 9.86. The van der Waals surface area contributed by atoms with Crippen molar-refractivity contribution in [2.75, 3.05) is 27.3 Å². The molecule has 0 saturated carbocycles. The van der Waals surface area contributed by atoms with Gasteiger partial charge in [0, 0.05) is 34.4 Å². The van der Waals surface area contributed by atoms with Gasteiger partial charge in [0.1, 0.15) is 5.75 Å². The van der Waals surface area contributed by atoms with Crippen LogP contribution >= 0.6 is 0 Å². The van der Waals surface area contributed by atoms with Crippen LogP contribution in [0.4, 0.5) is 0 Å². The molecule has 2 N–H and O–H groups in total. The molecular formula is C27H37N3O3. The number of rotatable bonds is 7. The summed E-state index contributed by atoms with van der Waals surface area (Å²) in [5.41, 5.74) is 5.26. The van der Waals surface area contributed by atoms with Gasteiger partial charge in [-0.2, -0.15) is 0 Å². The molecule has 6 heteroatoms. The zero-order chi connectivity index (χ0) is 23.7. The minimum atomic E-state index is -0.0667. The first-order valence-electron chi connectivity index (χ1n) is 12.0. The third kappa shape index (κ3) is 4.46. The molecule has 0 radical (unpaired) electrons. The van der Waals surface area contributed by atoms with E-state index in [9.17, 15) is 9.90 Å². The average molecular weight is 452 g/mol. The van der Waals surface area contributed by atoms with E-state index in [1.54, 1.807) is 7.11 Å². The van der Waals surface area contributed by atoms with Crippen LogP contribution in [0.3, 0.4) is 0 Å². The molecule has 33 heavy (non-hydrogen) atoms. The van der Waals surface area contributed by atoms with Crippen molar-refractivity contribution in [3.8, 4) is 5.75 Å². The van der Waals surface area contributed by atoms with Gasteiger partial charge < -0.3 is 24.3 Å². The number of aromatic amines is 1. The second kappa shape index (κ2) is 9.74. The number of ether oxygens (including phenoxy) is 1. The Balaban J connectivity index is 1.68. The van der Waals surface area contributed by atoms with Gasteiger partial charge in [-0.05, 0) is 83.7 Å². The van der Waals surface area contributed by atoms with Crippen molar-refractivity contribution in [3.63, 3.8) is 0 Å². The number of hydrogen-bond acceptors (Lipinski definition) is 4. The van der Waals surface area contributed by atoms with Gasteiger partial charge in [-0.25, -0.2) is 0 Å². The van der Waals surface area contributed by atoms with Crippen molar-refractivity contribution in [1.82, 2.24) is 14.5 Å². The minimum Gasteiger partial charge on any atom is -0.496 e. The Bertz CT molecular complexity index is 1180. The zero-order valence-electron chi connectivity index (χ0n) is 20.5. The molecule has 3 aromatic rings. The molecule has 2 aromatic heterocycles. The lowest BCUT2D eigenvalue weighted by Crippen LogP contribution is -2.43. The van der Waals surface area contributed by atoms with Crippen molar-refractivity contribution in [2.45, 2.75) is 58.5 Å². The molecule has 178 valence electrons. The monoisotopic (exact) mass is 451 g/mol. The van der Waals surface area contributed by atoms with Crippen molar-refractivity contribution in [3.05, 3.63) is 63.2 Å². The summed E-state index contributed by atoms with van der Waals surface area (Å²) < 4.78 is 8.01. The predicted molar refractivity (Wildman–Crippen MR) is 133 cm³/mol. The van der Waals surface area contributed by atoms with Crippen LogP contribution in [0, 0.1) is 19.8 Å². The third-order valence-corrected chi connectivity index (χ3v) is 7.71. The number of methoxy groups -OCH3 is 1. The number of likely N-dealkylation sites (tertiary alicyclic amines) is 1. The summed E-state index contributed by atoms with van der Waals surface area (Å²) in [6, 6.07) is 11.1. The topological polar surface area (TPSA) is 70.5 Å². The fraction of sp³-hybridized carbons (Fsp3) is 0.519. The molecule has 1 fully saturated rings. The summed E-state index contributed by atoms with van der Waals surface area (Å²) in [4.78, 5) is 17.8. The summed E-state index contributed by atoms with van der Waals surface area (Å²) in [5.74, 6) is 1.17. The summed E-state index contributed by atoms with van der Waals surface area (Å²) >= 11 is 0. The van der Waals surface area contributed by atoms with Gasteiger partial charge in [-0.1, -0.05) is 18.2 Å². The summed E-state index contributed by atoms with van der Waals surface area (Å²) in [5, 5.41) is 11.1. The Labute approximate surface area is 196 Å². The third-order valence-electron chi connectivity index (χ3n) is 7.71. The molecular weight excluding hydrogens is 414 g/mol. The van der Waals surface area contributed by atoms with Crippen molar-refractivity contribution in [2.24, 2.45) is 5.92 Å². The number of aryl methyl sites for hydroxylation is 2. The highest BCUT2D eigenvalue weighted by Crippen LogP contribution is 2.37. The van der Waals surface area contributed by atoms with E-state index in [0.717, 1.165) is 31.5 Å². The first-order chi connectivity index (χ1) is 15.8. The highest BCUT2D eigenvalue weighted by atomic mass is 16.5. The zero-order valence-corrected chi connectivity index (χ0v) is 20.5. The Hall–Kier alpha value is -2.57. The molecule has 1 aliphatic rings. The molecule has 0 aliphatic carbocycles. The van der Waals surface area contributed by atoms with E-state index in [1.165, 1.54) is 22.2 Å². The maximum absolute atomic E-state index is 12.6. The van der Waals surface area contributed by atoms with Crippen LogP contribution in [0.25, 0.3) is 10.9 Å².